The second-order valence-corrected chi connectivity index (χ2v) is 6.60. The maximum atomic E-state index is 5.72. The van der Waals surface area contributed by atoms with Crippen LogP contribution >= 0.6 is 0 Å². The van der Waals surface area contributed by atoms with Gasteiger partial charge in [-0.15, -0.1) is 0 Å². The highest BCUT2D eigenvalue weighted by Crippen LogP contribution is 2.15. The lowest BCUT2D eigenvalue weighted by Crippen LogP contribution is -2.32. The fourth-order valence-electron chi connectivity index (χ4n) is 3.05. The molecule has 4 N–H and O–H groups in total. The minimum Gasteiger partial charge on any atom is -0.341 e. The molecule has 0 spiro atoms. The van der Waals surface area contributed by atoms with Gasteiger partial charge in [0.25, 0.3) is 0 Å². The number of H-pyrrole nitrogens is 1. The zero-order valence-corrected chi connectivity index (χ0v) is 15.3. The molecular weight excluding hydrogens is 322 g/mol. The third kappa shape index (κ3) is 5.00. The van der Waals surface area contributed by atoms with Crippen molar-refractivity contribution in [3.63, 3.8) is 0 Å². The normalized spacial score (nSPS) is 12.2. The number of hydrogen-bond acceptors (Lipinski definition) is 4. The standard InChI is InChI=1S/C21H27N5/c1-16-7-6-12-23-20(16)13-18(10-5-11-22)24-14-19-15-25-21(26-19)17-8-3-2-4-9-17/h2-4,6-9,12,15,18,24H,5,10-11,13-14,22H2,1H3,(H,25,26). The molecule has 0 aliphatic heterocycles. The van der Waals surface area contributed by atoms with Crippen molar-refractivity contribution in [1.82, 2.24) is 20.3 Å². The van der Waals surface area contributed by atoms with Crippen LogP contribution in [0, 0.1) is 6.92 Å². The fourth-order valence-corrected chi connectivity index (χ4v) is 3.05. The number of nitrogens with one attached hydrogen (secondary N) is 2. The second-order valence-electron chi connectivity index (χ2n) is 6.60. The van der Waals surface area contributed by atoms with E-state index in [9.17, 15) is 0 Å². The number of benzene rings is 1. The number of nitrogens with zero attached hydrogens (tertiary/aromatic N) is 2. The summed E-state index contributed by atoms with van der Waals surface area (Å²) in [5.41, 5.74) is 10.3. The first-order valence-electron chi connectivity index (χ1n) is 9.19. The van der Waals surface area contributed by atoms with Crippen LogP contribution in [-0.2, 0) is 13.0 Å². The van der Waals surface area contributed by atoms with Gasteiger partial charge in [-0.25, -0.2) is 4.98 Å². The lowest BCUT2D eigenvalue weighted by molar-refractivity contribution is 0.459. The van der Waals surface area contributed by atoms with E-state index in [1.165, 1.54) is 5.56 Å². The molecular formula is C21H27N5. The first-order chi connectivity index (χ1) is 12.8. The smallest absolute Gasteiger partial charge is 0.137 e. The maximum absolute atomic E-state index is 5.72. The third-order valence-electron chi connectivity index (χ3n) is 4.57. The van der Waals surface area contributed by atoms with E-state index in [0.29, 0.717) is 12.6 Å². The van der Waals surface area contributed by atoms with Crippen LogP contribution < -0.4 is 11.1 Å². The first kappa shape index (κ1) is 18.3. The molecule has 0 saturated carbocycles. The maximum Gasteiger partial charge on any atom is 0.137 e. The minimum atomic E-state index is 0.343. The summed E-state index contributed by atoms with van der Waals surface area (Å²) in [6.45, 7) is 3.58. The Balaban J connectivity index is 1.62. The number of rotatable bonds is 9. The molecule has 5 nitrogen and oxygen atoms in total. The topological polar surface area (TPSA) is 79.6 Å². The summed E-state index contributed by atoms with van der Waals surface area (Å²) < 4.78 is 0. The largest absolute Gasteiger partial charge is 0.341 e. The van der Waals surface area contributed by atoms with Gasteiger partial charge in [0.1, 0.15) is 5.82 Å². The molecule has 3 rings (SSSR count). The van der Waals surface area contributed by atoms with E-state index in [0.717, 1.165) is 48.6 Å². The summed E-state index contributed by atoms with van der Waals surface area (Å²) in [7, 11) is 0. The van der Waals surface area contributed by atoms with E-state index in [2.05, 4.69) is 45.4 Å². The van der Waals surface area contributed by atoms with Crippen LogP contribution in [0.3, 0.4) is 0 Å². The number of aromatic amines is 1. The zero-order chi connectivity index (χ0) is 18.2. The highest BCUT2D eigenvalue weighted by atomic mass is 15.0. The van der Waals surface area contributed by atoms with Crippen LogP contribution in [0.4, 0.5) is 0 Å². The number of aryl methyl sites for hydroxylation is 1. The summed E-state index contributed by atoms with van der Waals surface area (Å²) in [4.78, 5) is 12.4. The molecule has 1 unspecified atom stereocenters. The van der Waals surface area contributed by atoms with Crippen molar-refractivity contribution < 1.29 is 0 Å². The number of aromatic nitrogens is 3. The monoisotopic (exact) mass is 349 g/mol. The number of imidazole rings is 1. The molecule has 5 heteroatoms. The highest BCUT2D eigenvalue weighted by molar-refractivity contribution is 5.54. The van der Waals surface area contributed by atoms with E-state index in [1.54, 1.807) is 0 Å². The van der Waals surface area contributed by atoms with Crippen molar-refractivity contribution in [2.45, 2.75) is 38.8 Å². The quantitative estimate of drug-likeness (QED) is 0.554. The van der Waals surface area contributed by atoms with E-state index >= 15 is 0 Å². The molecule has 26 heavy (non-hydrogen) atoms. The number of nitrogens with two attached hydrogens (primary N) is 1. The van der Waals surface area contributed by atoms with Gasteiger partial charge in [-0.3, -0.25) is 4.98 Å². The Morgan fingerprint density at radius 2 is 1.96 bits per heavy atom. The van der Waals surface area contributed by atoms with E-state index in [-0.39, 0.29) is 0 Å². The van der Waals surface area contributed by atoms with Crippen LogP contribution in [0.2, 0.25) is 0 Å². The summed E-state index contributed by atoms with van der Waals surface area (Å²) in [5.74, 6) is 0.904. The van der Waals surface area contributed by atoms with Gasteiger partial charge in [0.2, 0.25) is 0 Å². The molecule has 2 heterocycles. The summed E-state index contributed by atoms with van der Waals surface area (Å²) in [6, 6.07) is 14.6. The van der Waals surface area contributed by atoms with Gasteiger partial charge >= 0.3 is 0 Å². The number of hydrogen-bond donors (Lipinski definition) is 3. The van der Waals surface area contributed by atoms with Crippen molar-refractivity contribution in [3.8, 4) is 11.4 Å². The average molecular weight is 349 g/mol. The van der Waals surface area contributed by atoms with Crippen molar-refractivity contribution in [1.29, 1.82) is 0 Å². The molecule has 0 radical (unpaired) electrons. The van der Waals surface area contributed by atoms with Crippen molar-refractivity contribution in [2.24, 2.45) is 5.73 Å². The molecule has 0 bridgehead atoms. The molecule has 0 aliphatic rings. The van der Waals surface area contributed by atoms with Crippen LogP contribution in [0.15, 0.2) is 54.9 Å². The Morgan fingerprint density at radius 3 is 2.73 bits per heavy atom. The fraction of sp³-hybridized carbons (Fsp3) is 0.333. The Labute approximate surface area is 155 Å². The SMILES string of the molecule is Cc1cccnc1CC(CCCN)NCc1cnc(-c2ccccc2)[nH]1. The van der Waals surface area contributed by atoms with E-state index in [1.807, 2.05) is 36.7 Å². The lowest BCUT2D eigenvalue weighted by Gasteiger charge is -2.18. The Kier molecular flexibility index (Phi) is 6.52. The van der Waals surface area contributed by atoms with Crippen LogP contribution in [-0.4, -0.2) is 27.5 Å². The van der Waals surface area contributed by atoms with Crippen molar-refractivity contribution in [3.05, 3.63) is 71.8 Å². The Hall–Kier alpha value is -2.50. The second kappa shape index (κ2) is 9.27. The van der Waals surface area contributed by atoms with Gasteiger partial charge < -0.3 is 16.0 Å². The first-order valence-corrected chi connectivity index (χ1v) is 9.19. The van der Waals surface area contributed by atoms with Gasteiger partial charge in [-0.05, 0) is 37.9 Å². The summed E-state index contributed by atoms with van der Waals surface area (Å²) in [5, 5.41) is 3.64. The van der Waals surface area contributed by atoms with E-state index in [4.69, 9.17) is 5.73 Å². The average Bonchev–Trinajstić information content (AvgIpc) is 3.15. The van der Waals surface area contributed by atoms with Crippen molar-refractivity contribution in [2.75, 3.05) is 6.54 Å². The van der Waals surface area contributed by atoms with Crippen molar-refractivity contribution >= 4 is 0 Å². The molecule has 0 aliphatic carbocycles. The molecule has 2 aromatic heterocycles. The van der Waals surface area contributed by atoms with Crippen LogP contribution in [0.5, 0.6) is 0 Å². The van der Waals surface area contributed by atoms with Gasteiger partial charge in [0.15, 0.2) is 0 Å². The minimum absolute atomic E-state index is 0.343. The molecule has 1 atom stereocenters. The van der Waals surface area contributed by atoms with Gasteiger partial charge in [-0.2, -0.15) is 0 Å². The molecule has 0 saturated heterocycles. The molecule has 1 aromatic carbocycles. The predicted octanol–water partition coefficient (Wildman–Crippen LogP) is 3.22. The highest BCUT2D eigenvalue weighted by Gasteiger charge is 2.12. The van der Waals surface area contributed by atoms with Crippen LogP contribution in [0.25, 0.3) is 11.4 Å². The molecule has 0 fully saturated rings. The molecule has 3 aromatic rings. The van der Waals surface area contributed by atoms with Gasteiger partial charge in [0.05, 0.1) is 0 Å². The van der Waals surface area contributed by atoms with Gasteiger partial charge in [0, 0.05) is 48.4 Å². The number of pyridine rings is 1. The Morgan fingerprint density at radius 1 is 1.12 bits per heavy atom. The predicted molar refractivity (Wildman–Crippen MR) is 106 cm³/mol. The van der Waals surface area contributed by atoms with E-state index < -0.39 is 0 Å². The van der Waals surface area contributed by atoms with Gasteiger partial charge in [-0.1, -0.05) is 36.4 Å². The summed E-state index contributed by atoms with van der Waals surface area (Å²) >= 11 is 0. The summed E-state index contributed by atoms with van der Waals surface area (Å²) in [6.07, 6.45) is 6.71. The third-order valence-corrected chi connectivity index (χ3v) is 4.57. The molecule has 0 amide bonds. The Bertz CT molecular complexity index is 797. The zero-order valence-electron chi connectivity index (χ0n) is 15.3. The molecule has 136 valence electrons. The van der Waals surface area contributed by atoms with Crippen LogP contribution in [0.1, 0.15) is 29.8 Å². The lowest BCUT2D eigenvalue weighted by atomic mass is 10.0.